The van der Waals surface area contributed by atoms with Crippen molar-refractivity contribution in [2.75, 3.05) is 7.05 Å². The topological polar surface area (TPSA) is 46.8 Å². The fourth-order valence-electron chi connectivity index (χ4n) is 3.37. The monoisotopic (exact) mass is 363 g/mol. The molecule has 0 N–H and O–H groups in total. The summed E-state index contributed by atoms with van der Waals surface area (Å²) in [4.78, 5) is 11.0. The lowest BCUT2D eigenvalue weighted by Crippen LogP contribution is -2.31. The summed E-state index contributed by atoms with van der Waals surface area (Å²) < 4.78 is 1.87. The van der Waals surface area contributed by atoms with Crippen molar-refractivity contribution in [2.45, 2.75) is 53.2 Å². The second-order valence-corrected chi connectivity index (χ2v) is 7.59. The number of hydrogen-bond acceptors (Lipinski definition) is 4. The summed E-state index contributed by atoms with van der Waals surface area (Å²) in [5, 5.41) is 4.24. The molecule has 3 rings (SSSR count). The van der Waals surface area contributed by atoms with E-state index < -0.39 is 0 Å². The molecule has 0 aliphatic heterocycles. The Hall–Kier alpha value is -2.53. The van der Waals surface area contributed by atoms with Gasteiger partial charge in [0.25, 0.3) is 0 Å². The fourth-order valence-corrected chi connectivity index (χ4v) is 3.37. The molecule has 0 aliphatic rings. The van der Waals surface area contributed by atoms with E-state index >= 15 is 0 Å². The van der Waals surface area contributed by atoms with Gasteiger partial charge in [-0.2, -0.15) is 5.10 Å². The molecule has 1 atom stereocenters. The molecule has 1 unspecified atom stereocenters. The molecule has 0 radical (unpaired) electrons. The number of likely N-dealkylation sites (N-methyl/N-ethyl adjacent to an activating group) is 1. The number of rotatable bonds is 7. The smallest absolute Gasteiger partial charge is 0.137 e. The Balaban J connectivity index is 1.71. The zero-order valence-electron chi connectivity index (χ0n) is 17.0. The maximum absolute atomic E-state index is 4.51. The standard InChI is InChI=1S/C22H29N5/c1-16-6-7-24-22(8-16)10-19(4)26(5)12-20-11-21(18(3)9-17(20)2)13-27-15-23-14-25-27/h6-9,11,14-15,19H,10,12-13H2,1-5H3. The minimum atomic E-state index is 0.416. The second kappa shape index (κ2) is 8.44. The first-order chi connectivity index (χ1) is 12.9. The molecule has 5 heteroatoms. The van der Waals surface area contributed by atoms with Crippen LogP contribution in [0, 0.1) is 20.8 Å². The third-order valence-electron chi connectivity index (χ3n) is 5.24. The fraction of sp³-hybridized carbons (Fsp3) is 0.409. The first kappa shape index (κ1) is 19.2. The van der Waals surface area contributed by atoms with Gasteiger partial charge in [-0.3, -0.25) is 9.88 Å². The predicted octanol–water partition coefficient (Wildman–Crippen LogP) is 3.71. The molecule has 2 aromatic heterocycles. The Kier molecular flexibility index (Phi) is 6.01. The molecule has 3 aromatic rings. The SMILES string of the molecule is Cc1ccnc(CC(C)N(C)Cc2cc(Cn3cncn3)c(C)cc2C)c1. The third-order valence-corrected chi connectivity index (χ3v) is 5.24. The second-order valence-electron chi connectivity index (χ2n) is 7.59. The predicted molar refractivity (Wildman–Crippen MR) is 109 cm³/mol. The molecule has 2 heterocycles. The van der Waals surface area contributed by atoms with E-state index in [4.69, 9.17) is 0 Å². The van der Waals surface area contributed by atoms with Crippen LogP contribution in [0.25, 0.3) is 0 Å². The largest absolute Gasteiger partial charge is 0.299 e. The van der Waals surface area contributed by atoms with Gasteiger partial charge in [-0.1, -0.05) is 12.1 Å². The van der Waals surface area contributed by atoms with Gasteiger partial charge in [0.1, 0.15) is 12.7 Å². The Bertz CT molecular complexity index is 886. The van der Waals surface area contributed by atoms with Crippen LogP contribution in [0.4, 0.5) is 0 Å². The summed E-state index contributed by atoms with van der Waals surface area (Å²) in [6, 6.07) is 9.24. The van der Waals surface area contributed by atoms with E-state index in [-0.39, 0.29) is 0 Å². The van der Waals surface area contributed by atoms with E-state index in [0.29, 0.717) is 6.04 Å². The van der Waals surface area contributed by atoms with Crippen LogP contribution in [-0.4, -0.2) is 37.7 Å². The minimum Gasteiger partial charge on any atom is -0.299 e. The summed E-state index contributed by atoms with van der Waals surface area (Å²) in [7, 11) is 2.19. The number of aromatic nitrogens is 4. The normalized spacial score (nSPS) is 12.5. The Labute approximate surface area is 162 Å². The summed E-state index contributed by atoms with van der Waals surface area (Å²) in [6.07, 6.45) is 6.20. The van der Waals surface area contributed by atoms with Gasteiger partial charge in [0, 0.05) is 30.9 Å². The zero-order chi connectivity index (χ0) is 19.4. The molecule has 27 heavy (non-hydrogen) atoms. The van der Waals surface area contributed by atoms with Crippen LogP contribution in [0.15, 0.2) is 43.1 Å². The van der Waals surface area contributed by atoms with E-state index in [2.05, 4.69) is 72.9 Å². The first-order valence-corrected chi connectivity index (χ1v) is 9.45. The highest BCUT2D eigenvalue weighted by molar-refractivity contribution is 5.37. The molecule has 0 amide bonds. The van der Waals surface area contributed by atoms with Crippen molar-refractivity contribution in [3.05, 3.63) is 76.6 Å². The molecular weight excluding hydrogens is 334 g/mol. The van der Waals surface area contributed by atoms with Gasteiger partial charge in [0.15, 0.2) is 0 Å². The summed E-state index contributed by atoms with van der Waals surface area (Å²) in [6.45, 7) is 10.4. The summed E-state index contributed by atoms with van der Waals surface area (Å²) in [5.74, 6) is 0. The van der Waals surface area contributed by atoms with E-state index in [1.165, 1.54) is 27.8 Å². The highest BCUT2D eigenvalue weighted by Crippen LogP contribution is 2.20. The molecule has 142 valence electrons. The van der Waals surface area contributed by atoms with Gasteiger partial charge < -0.3 is 0 Å². The molecule has 0 fully saturated rings. The summed E-state index contributed by atoms with van der Waals surface area (Å²) >= 11 is 0. The van der Waals surface area contributed by atoms with Gasteiger partial charge in [-0.15, -0.1) is 0 Å². The molecule has 0 bridgehead atoms. The maximum atomic E-state index is 4.51. The lowest BCUT2D eigenvalue weighted by atomic mass is 9.99. The average molecular weight is 364 g/mol. The molecule has 5 nitrogen and oxygen atoms in total. The number of hydrogen-bond donors (Lipinski definition) is 0. The highest BCUT2D eigenvalue weighted by atomic mass is 15.3. The maximum Gasteiger partial charge on any atom is 0.137 e. The lowest BCUT2D eigenvalue weighted by molar-refractivity contribution is 0.246. The van der Waals surface area contributed by atoms with Crippen LogP contribution in [0.2, 0.25) is 0 Å². The van der Waals surface area contributed by atoms with Gasteiger partial charge in [0.05, 0.1) is 6.54 Å². The Morgan fingerprint density at radius 2 is 1.85 bits per heavy atom. The van der Waals surface area contributed by atoms with Crippen LogP contribution in [-0.2, 0) is 19.5 Å². The first-order valence-electron chi connectivity index (χ1n) is 9.45. The van der Waals surface area contributed by atoms with Gasteiger partial charge in [-0.05, 0) is 74.7 Å². The lowest BCUT2D eigenvalue weighted by Gasteiger charge is -2.26. The van der Waals surface area contributed by atoms with Crippen molar-refractivity contribution in [1.82, 2.24) is 24.6 Å². The van der Waals surface area contributed by atoms with Crippen molar-refractivity contribution in [2.24, 2.45) is 0 Å². The van der Waals surface area contributed by atoms with Crippen LogP contribution in [0.5, 0.6) is 0 Å². The van der Waals surface area contributed by atoms with Gasteiger partial charge in [0.2, 0.25) is 0 Å². The quantitative estimate of drug-likeness (QED) is 0.642. The summed E-state index contributed by atoms with van der Waals surface area (Å²) in [5.41, 5.74) is 7.71. The minimum absolute atomic E-state index is 0.416. The van der Waals surface area contributed by atoms with Crippen molar-refractivity contribution < 1.29 is 0 Å². The van der Waals surface area contributed by atoms with Crippen molar-refractivity contribution >= 4 is 0 Å². The van der Waals surface area contributed by atoms with E-state index in [9.17, 15) is 0 Å². The van der Waals surface area contributed by atoms with E-state index in [1.54, 1.807) is 12.7 Å². The number of benzene rings is 1. The van der Waals surface area contributed by atoms with E-state index in [1.807, 2.05) is 16.9 Å². The Morgan fingerprint density at radius 1 is 1.07 bits per heavy atom. The molecule has 0 saturated heterocycles. The van der Waals surface area contributed by atoms with Gasteiger partial charge >= 0.3 is 0 Å². The van der Waals surface area contributed by atoms with Crippen LogP contribution < -0.4 is 0 Å². The molecule has 0 spiro atoms. The van der Waals surface area contributed by atoms with Crippen molar-refractivity contribution in [1.29, 1.82) is 0 Å². The highest BCUT2D eigenvalue weighted by Gasteiger charge is 2.14. The molecular formula is C22H29N5. The van der Waals surface area contributed by atoms with E-state index in [0.717, 1.165) is 25.2 Å². The van der Waals surface area contributed by atoms with Crippen LogP contribution >= 0.6 is 0 Å². The van der Waals surface area contributed by atoms with Crippen LogP contribution in [0.3, 0.4) is 0 Å². The molecule has 0 saturated carbocycles. The molecule has 1 aromatic carbocycles. The van der Waals surface area contributed by atoms with Crippen LogP contribution in [0.1, 0.15) is 40.4 Å². The van der Waals surface area contributed by atoms with Gasteiger partial charge in [-0.25, -0.2) is 9.67 Å². The number of pyridine rings is 1. The zero-order valence-corrected chi connectivity index (χ0v) is 17.0. The third kappa shape index (κ3) is 5.01. The van der Waals surface area contributed by atoms with Crippen molar-refractivity contribution in [3.8, 4) is 0 Å². The Morgan fingerprint density at radius 3 is 2.56 bits per heavy atom. The number of aryl methyl sites for hydroxylation is 3. The average Bonchev–Trinajstić information content (AvgIpc) is 3.12. The number of nitrogens with zero attached hydrogens (tertiary/aromatic N) is 5. The molecule has 0 aliphatic carbocycles. The van der Waals surface area contributed by atoms with Crippen molar-refractivity contribution in [3.63, 3.8) is 0 Å².